The quantitative estimate of drug-likeness (QED) is 0.247. The van der Waals surface area contributed by atoms with E-state index in [-0.39, 0.29) is 29.1 Å². The number of anilines is 1. The second-order valence-corrected chi connectivity index (χ2v) is 14.6. The van der Waals surface area contributed by atoms with Gasteiger partial charge >= 0.3 is 0 Å². The maximum Gasteiger partial charge on any atom is 0.294 e. The van der Waals surface area contributed by atoms with Crippen LogP contribution in [-0.4, -0.2) is 30.8 Å². The van der Waals surface area contributed by atoms with Crippen molar-refractivity contribution in [1.82, 2.24) is 5.32 Å². The molecule has 1 saturated carbocycles. The zero-order valence-corrected chi connectivity index (χ0v) is 26.5. The van der Waals surface area contributed by atoms with E-state index in [1.165, 1.54) is 18.2 Å². The Balaban J connectivity index is 1.47. The zero-order chi connectivity index (χ0) is 31.9. The van der Waals surface area contributed by atoms with Crippen LogP contribution in [-0.2, 0) is 38.0 Å². The van der Waals surface area contributed by atoms with Crippen LogP contribution in [0.5, 0.6) is 0 Å². The van der Waals surface area contributed by atoms with E-state index in [4.69, 9.17) is 0 Å². The highest BCUT2D eigenvalue weighted by atomic mass is 32.2. The van der Waals surface area contributed by atoms with E-state index < -0.39 is 38.7 Å². The molecule has 1 fully saturated rings. The van der Waals surface area contributed by atoms with Crippen molar-refractivity contribution in [3.8, 4) is 0 Å². The number of benzene rings is 3. The molecule has 0 spiro atoms. The Morgan fingerprint density at radius 2 is 1.75 bits per heavy atom. The first-order chi connectivity index (χ1) is 20.7. The molecule has 3 aromatic carbocycles. The van der Waals surface area contributed by atoms with Crippen LogP contribution in [0.1, 0.15) is 81.5 Å². The topological polar surface area (TPSA) is 113 Å². The summed E-state index contributed by atoms with van der Waals surface area (Å²) in [7, 11) is -4.45. The number of fused-ring (bicyclic) bond motifs is 3. The summed E-state index contributed by atoms with van der Waals surface area (Å²) in [6.07, 6.45) is 3.79. The molecule has 0 saturated heterocycles. The highest BCUT2D eigenvalue weighted by Crippen LogP contribution is 2.58. The summed E-state index contributed by atoms with van der Waals surface area (Å²) in [6, 6.07) is 17.7. The molecule has 9 heteroatoms. The number of hydrogen-bond acceptors (Lipinski definition) is 4. The van der Waals surface area contributed by atoms with Gasteiger partial charge in [0, 0.05) is 12.1 Å². The molecule has 0 radical (unpaired) electrons. The predicted octanol–water partition coefficient (Wildman–Crippen LogP) is 6.57. The van der Waals surface area contributed by atoms with E-state index in [1.54, 1.807) is 12.1 Å². The number of amides is 2. The Labute approximate surface area is 259 Å². The van der Waals surface area contributed by atoms with Gasteiger partial charge in [-0.05, 0) is 89.5 Å². The summed E-state index contributed by atoms with van der Waals surface area (Å²) in [5, 5.41) is 5.82. The number of carbonyl (C=O) groups is 2. The molecular weight excluding hydrogens is 579 g/mol. The highest BCUT2D eigenvalue weighted by molar-refractivity contribution is 7.85. The van der Waals surface area contributed by atoms with Crippen LogP contribution in [0, 0.1) is 17.2 Å². The van der Waals surface area contributed by atoms with E-state index in [0.29, 0.717) is 24.1 Å². The fourth-order valence-corrected chi connectivity index (χ4v) is 8.50. The molecule has 0 unspecified atom stereocenters. The van der Waals surface area contributed by atoms with Crippen molar-refractivity contribution in [2.24, 2.45) is 11.3 Å². The van der Waals surface area contributed by atoms with Gasteiger partial charge in [-0.25, -0.2) is 4.39 Å². The Kier molecular flexibility index (Phi) is 8.75. The van der Waals surface area contributed by atoms with Gasteiger partial charge < -0.3 is 10.6 Å². The second kappa shape index (κ2) is 12.1. The Morgan fingerprint density at radius 3 is 2.41 bits per heavy atom. The molecule has 2 aliphatic carbocycles. The van der Waals surface area contributed by atoms with Gasteiger partial charge in [0.2, 0.25) is 11.8 Å². The molecule has 5 rings (SSSR count). The number of carbonyl (C=O) groups excluding carboxylic acids is 2. The monoisotopic (exact) mass is 620 g/mol. The number of aryl methyl sites for hydroxylation is 1. The zero-order valence-electron chi connectivity index (χ0n) is 25.7. The second-order valence-electron chi connectivity index (χ2n) is 13.2. The minimum Gasteiger partial charge on any atom is -0.343 e. The van der Waals surface area contributed by atoms with Crippen molar-refractivity contribution >= 4 is 27.6 Å². The van der Waals surface area contributed by atoms with Crippen molar-refractivity contribution in [1.29, 1.82) is 0 Å². The van der Waals surface area contributed by atoms with Crippen molar-refractivity contribution in [3.63, 3.8) is 0 Å². The van der Waals surface area contributed by atoms with Gasteiger partial charge in [0.15, 0.2) is 0 Å². The van der Waals surface area contributed by atoms with Gasteiger partial charge in [-0.3, -0.25) is 14.1 Å². The number of rotatable bonds is 8. The fourth-order valence-electron chi connectivity index (χ4n) is 7.64. The fraction of sp³-hybridized carbons (Fsp3) is 0.429. The number of nitrogens with one attached hydrogen (secondary N) is 2. The molecule has 3 aromatic rings. The van der Waals surface area contributed by atoms with Crippen LogP contribution >= 0.6 is 0 Å². The van der Waals surface area contributed by atoms with Crippen LogP contribution in [0.25, 0.3) is 0 Å². The maximum atomic E-state index is 14.3. The lowest BCUT2D eigenvalue weighted by Crippen LogP contribution is -2.58. The van der Waals surface area contributed by atoms with Crippen molar-refractivity contribution in [3.05, 3.63) is 94.8 Å². The Bertz CT molecular complexity index is 1680. The van der Waals surface area contributed by atoms with Crippen LogP contribution in [0.4, 0.5) is 10.1 Å². The summed E-state index contributed by atoms with van der Waals surface area (Å²) in [5.74, 6) is -1.37. The highest BCUT2D eigenvalue weighted by Gasteiger charge is 2.55. The first kappa shape index (κ1) is 31.9. The third kappa shape index (κ3) is 6.17. The molecule has 3 N–H and O–H groups in total. The van der Waals surface area contributed by atoms with Gasteiger partial charge in [0.1, 0.15) is 11.9 Å². The van der Waals surface area contributed by atoms with Gasteiger partial charge in [0.25, 0.3) is 10.1 Å². The molecule has 234 valence electrons. The molecule has 0 bridgehead atoms. The molecule has 4 atom stereocenters. The SMILES string of the molecule is CC(C)c1cc2c(cc1S(=O)(=O)O)[C@@]1(C)CCC[C@@](C)(C(=O)N[C@@H](Cc3ccccc3)C(=O)Nc3cccc(F)c3)[C@@H]1CC2. The standard InChI is InChI=1S/C35H41FN2O5S/c1-22(2)27-19-24-14-15-31-34(3,28(24)21-30(27)44(41,42)43)16-9-17-35(31,4)33(40)38-29(18-23-10-6-5-7-11-23)32(39)37-26-13-8-12-25(36)20-26/h5-8,10-13,19-22,29,31H,9,14-18H2,1-4H3,(H,37,39)(H,38,40)(H,41,42,43)/t29-,31+,34+,35+/m0/s1. The van der Waals surface area contributed by atoms with Crippen LogP contribution < -0.4 is 10.6 Å². The maximum absolute atomic E-state index is 14.3. The van der Waals surface area contributed by atoms with Crippen LogP contribution in [0.2, 0.25) is 0 Å². The third-order valence-electron chi connectivity index (χ3n) is 9.90. The van der Waals surface area contributed by atoms with Gasteiger partial charge in [-0.2, -0.15) is 8.42 Å². The molecule has 0 heterocycles. The molecule has 44 heavy (non-hydrogen) atoms. The van der Waals surface area contributed by atoms with Crippen LogP contribution in [0.3, 0.4) is 0 Å². The largest absolute Gasteiger partial charge is 0.343 e. The normalized spacial score (nSPS) is 23.8. The van der Waals surface area contributed by atoms with E-state index >= 15 is 0 Å². The van der Waals surface area contributed by atoms with E-state index in [1.807, 2.05) is 57.2 Å². The van der Waals surface area contributed by atoms with Crippen molar-refractivity contribution < 1.29 is 27.0 Å². The predicted molar refractivity (Wildman–Crippen MR) is 169 cm³/mol. The van der Waals surface area contributed by atoms with Crippen molar-refractivity contribution in [2.75, 3.05) is 5.32 Å². The lowest BCUT2D eigenvalue weighted by atomic mass is 9.49. The minimum atomic E-state index is -4.45. The van der Waals surface area contributed by atoms with Crippen LogP contribution in [0.15, 0.2) is 71.6 Å². The third-order valence-corrected chi connectivity index (χ3v) is 10.8. The molecular formula is C35H41FN2O5S. The van der Waals surface area contributed by atoms with E-state index in [9.17, 15) is 27.0 Å². The number of halogens is 1. The molecule has 2 amide bonds. The number of hydrogen-bond donors (Lipinski definition) is 3. The molecule has 7 nitrogen and oxygen atoms in total. The smallest absolute Gasteiger partial charge is 0.294 e. The molecule has 0 aromatic heterocycles. The summed E-state index contributed by atoms with van der Waals surface area (Å²) < 4.78 is 48.9. The summed E-state index contributed by atoms with van der Waals surface area (Å²) >= 11 is 0. The van der Waals surface area contributed by atoms with E-state index in [0.717, 1.165) is 36.0 Å². The lowest BCUT2D eigenvalue weighted by Gasteiger charge is -2.54. The summed E-state index contributed by atoms with van der Waals surface area (Å²) in [5.41, 5.74) is 2.35. The Hall–Kier alpha value is -3.56. The molecule has 0 aliphatic heterocycles. The Morgan fingerprint density at radius 1 is 1.02 bits per heavy atom. The average molecular weight is 621 g/mol. The van der Waals surface area contributed by atoms with E-state index in [2.05, 4.69) is 17.6 Å². The lowest BCUT2D eigenvalue weighted by molar-refractivity contribution is -0.141. The summed E-state index contributed by atoms with van der Waals surface area (Å²) in [6.45, 7) is 7.86. The first-order valence-electron chi connectivity index (χ1n) is 15.3. The van der Waals surface area contributed by atoms with Gasteiger partial charge in [-0.1, -0.05) is 76.6 Å². The van der Waals surface area contributed by atoms with Crippen molar-refractivity contribution in [2.45, 2.75) is 88.5 Å². The van der Waals surface area contributed by atoms with Gasteiger partial charge in [0.05, 0.1) is 10.3 Å². The summed E-state index contributed by atoms with van der Waals surface area (Å²) in [4.78, 5) is 27.8. The molecule has 2 aliphatic rings. The van der Waals surface area contributed by atoms with Gasteiger partial charge in [-0.15, -0.1) is 0 Å². The minimum absolute atomic E-state index is 0.0678. The first-order valence-corrected chi connectivity index (χ1v) is 16.7. The average Bonchev–Trinajstić information content (AvgIpc) is 2.96.